The van der Waals surface area contributed by atoms with E-state index < -0.39 is 0 Å². The molecule has 0 aromatic rings. The standard InChI is InChI=1S/C8H12O2/c1-8(2)5-3-4-10-7(9)6(5)8/h5-6H,3-4H2,1-2H3/t5-,6-/m1/s1. The molecule has 0 amide bonds. The molecule has 0 N–H and O–H groups in total. The van der Waals surface area contributed by atoms with Crippen molar-refractivity contribution in [3.63, 3.8) is 0 Å². The number of hydrogen-bond donors (Lipinski definition) is 0. The summed E-state index contributed by atoms with van der Waals surface area (Å²) in [5.41, 5.74) is 0.244. The SMILES string of the molecule is CC1(C)[C@@H]2CCOC(=O)[C@@H]21. The van der Waals surface area contributed by atoms with E-state index in [1.807, 2.05) is 0 Å². The Hall–Kier alpha value is -0.530. The number of esters is 1. The maximum absolute atomic E-state index is 11.0. The Morgan fingerprint density at radius 1 is 1.60 bits per heavy atom. The van der Waals surface area contributed by atoms with Crippen LogP contribution in [0.1, 0.15) is 20.3 Å². The fraction of sp³-hybridized carbons (Fsp3) is 0.875. The van der Waals surface area contributed by atoms with E-state index in [1.165, 1.54) is 0 Å². The first-order valence-corrected chi connectivity index (χ1v) is 3.80. The van der Waals surface area contributed by atoms with E-state index in [2.05, 4.69) is 13.8 Å². The highest BCUT2D eigenvalue weighted by Crippen LogP contribution is 2.61. The minimum atomic E-state index is 0.0289. The van der Waals surface area contributed by atoms with Crippen LogP contribution < -0.4 is 0 Å². The summed E-state index contributed by atoms with van der Waals surface area (Å²) in [6.07, 6.45) is 1.07. The molecule has 1 heterocycles. The van der Waals surface area contributed by atoms with Gasteiger partial charge in [0.2, 0.25) is 0 Å². The quantitative estimate of drug-likeness (QED) is 0.473. The number of carbonyl (C=O) groups excluding carboxylic acids is 1. The summed E-state index contributed by atoms with van der Waals surface area (Å²) in [6, 6.07) is 0. The molecule has 2 rings (SSSR count). The molecule has 1 aliphatic heterocycles. The van der Waals surface area contributed by atoms with Crippen LogP contribution in [0, 0.1) is 17.3 Å². The van der Waals surface area contributed by atoms with E-state index in [0.717, 1.165) is 6.42 Å². The summed E-state index contributed by atoms with van der Waals surface area (Å²) < 4.78 is 4.93. The predicted molar refractivity (Wildman–Crippen MR) is 36.3 cm³/mol. The fourth-order valence-corrected chi connectivity index (χ4v) is 2.13. The first kappa shape index (κ1) is 6.20. The summed E-state index contributed by atoms with van der Waals surface area (Å²) in [4.78, 5) is 11.0. The zero-order chi connectivity index (χ0) is 7.35. The third-order valence-electron chi connectivity index (χ3n) is 2.98. The lowest BCUT2D eigenvalue weighted by atomic mass is 10.1. The Morgan fingerprint density at radius 3 is 2.80 bits per heavy atom. The molecule has 0 aromatic carbocycles. The zero-order valence-electron chi connectivity index (χ0n) is 6.39. The average molecular weight is 140 g/mol. The summed E-state index contributed by atoms with van der Waals surface area (Å²) in [6.45, 7) is 4.94. The molecule has 1 saturated heterocycles. The van der Waals surface area contributed by atoms with Gasteiger partial charge in [-0.15, -0.1) is 0 Å². The molecule has 2 nitrogen and oxygen atoms in total. The van der Waals surface area contributed by atoms with Gasteiger partial charge in [0.25, 0.3) is 0 Å². The Bertz CT molecular complexity index is 184. The average Bonchev–Trinajstić information content (AvgIpc) is 2.38. The Kier molecular flexibility index (Phi) is 0.960. The first-order valence-electron chi connectivity index (χ1n) is 3.80. The topological polar surface area (TPSA) is 26.3 Å². The van der Waals surface area contributed by atoms with Gasteiger partial charge in [0.15, 0.2) is 0 Å². The predicted octanol–water partition coefficient (Wildman–Crippen LogP) is 1.21. The summed E-state index contributed by atoms with van der Waals surface area (Å²) in [5.74, 6) is 0.872. The summed E-state index contributed by atoms with van der Waals surface area (Å²) in [7, 11) is 0. The van der Waals surface area contributed by atoms with Crippen molar-refractivity contribution < 1.29 is 9.53 Å². The molecule has 10 heavy (non-hydrogen) atoms. The van der Waals surface area contributed by atoms with E-state index in [-0.39, 0.29) is 17.3 Å². The Balaban J connectivity index is 2.18. The van der Waals surface area contributed by atoms with Crippen molar-refractivity contribution >= 4 is 5.97 Å². The molecule has 0 aromatic heterocycles. The van der Waals surface area contributed by atoms with E-state index in [9.17, 15) is 4.79 Å². The third-order valence-corrected chi connectivity index (χ3v) is 2.98. The van der Waals surface area contributed by atoms with Crippen LogP contribution in [0.2, 0.25) is 0 Å². The van der Waals surface area contributed by atoms with Gasteiger partial charge in [-0.3, -0.25) is 4.79 Å². The maximum Gasteiger partial charge on any atom is 0.309 e. The van der Waals surface area contributed by atoms with Gasteiger partial charge < -0.3 is 4.74 Å². The highest BCUT2D eigenvalue weighted by Gasteiger charge is 2.63. The van der Waals surface area contributed by atoms with Crippen molar-refractivity contribution in [1.29, 1.82) is 0 Å². The van der Waals surface area contributed by atoms with Crippen molar-refractivity contribution in [1.82, 2.24) is 0 Å². The third kappa shape index (κ3) is 0.568. The van der Waals surface area contributed by atoms with Gasteiger partial charge in [0.05, 0.1) is 12.5 Å². The van der Waals surface area contributed by atoms with Crippen molar-refractivity contribution in [2.75, 3.05) is 6.61 Å². The van der Waals surface area contributed by atoms with Crippen LogP contribution >= 0.6 is 0 Å². The first-order chi connectivity index (χ1) is 4.64. The minimum Gasteiger partial charge on any atom is -0.465 e. The molecular formula is C8H12O2. The van der Waals surface area contributed by atoms with Crippen molar-refractivity contribution in [3.05, 3.63) is 0 Å². The van der Waals surface area contributed by atoms with Crippen LogP contribution in [0.3, 0.4) is 0 Å². The molecule has 56 valence electrons. The van der Waals surface area contributed by atoms with Crippen molar-refractivity contribution in [2.45, 2.75) is 20.3 Å². The highest BCUT2D eigenvalue weighted by molar-refractivity contribution is 5.78. The molecular weight excluding hydrogens is 128 g/mol. The number of hydrogen-bond acceptors (Lipinski definition) is 2. The molecule has 2 fully saturated rings. The van der Waals surface area contributed by atoms with Crippen LogP contribution in [0.4, 0.5) is 0 Å². The lowest BCUT2D eigenvalue weighted by molar-refractivity contribution is -0.148. The summed E-state index contributed by atoms with van der Waals surface area (Å²) in [5, 5.41) is 0. The second kappa shape index (κ2) is 1.55. The van der Waals surface area contributed by atoms with Crippen molar-refractivity contribution in [2.24, 2.45) is 17.3 Å². The Labute approximate surface area is 60.6 Å². The van der Waals surface area contributed by atoms with Gasteiger partial charge in [-0.2, -0.15) is 0 Å². The van der Waals surface area contributed by atoms with Crippen LogP contribution in [0.25, 0.3) is 0 Å². The zero-order valence-corrected chi connectivity index (χ0v) is 6.39. The highest BCUT2D eigenvalue weighted by atomic mass is 16.5. The summed E-state index contributed by atoms with van der Waals surface area (Å²) >= 11 is 0. The van der Waals surface area contributed by atoms with Gasteiger partial charge in [-0.1, -0.05) is 13.8 Å². The normalized spacial score (nSPS) is 42.0. The molecule has 2 heteroatoms. The monoisotopic (exact) mass is 140 g/mol. The van der Waals surface area contributed by atoms with Gasteiger partial charge in [0, 0.05) is 0 Å². The molecule has 1 aliphatic carbocycles. The molecule has 1 saturated carbocycles. The Morgan fingerprint density at radius 2 is 2.30 bits per heavy atom. The van der Waals surface area contributed by atoms with Gasteiger partial charge in [0.1, 0.15) is 0 Å². The van der Waals surface area contributed by atoms with Crippen LogP contribution in [-0.2, 0) is 9.53 Å². The lowest BCUT2D eigenvalue weighted by Crippen LogP contribution is -2.15. The van der Waals surface area contributed by atoms with E-state index in [0.29, 0.717) is 12.5 Å². The number of carbonyl (C=O) groups is 1. The van der Waals surface area contributed by atoms with Crippen LogP contribution in [-0.4, -0.2) is 12.6 Å². The fourth-order valence-electron chi connectivity index (χ4n) is 2.13. The van der Waals surface area contributed by atoms with Crippen LogP contribution in [0.15, 0.2) is 0 Å². The molecule has 0 unspecified atom stereocenters. The number of cyclic esters (lactones) is 1. The minimum absolute atomic E-state index is 0.0289. The maximum atomic E-state index is 11.0. The molecule has 0 bridgehead atoms. The van der Waals surface area contributed by atoms with E-state index in [1.54, 1.807) is 0 Å². The number of ether oxygens (including phenoxy) is 1. The van der Waals surface area contributed by atoms with E-state index in [4.69, 9.17) is 4.74 Å². The van der Waals surface area contributed by atoms with Gasteiger partial charge in [-0.25, -0.2) is 0 Å². The second-order valence-corrected chi connectivity index (χ2v) is 3.86. The molecule has 2 aliphatic rings. The number of fused-ring (bicyclic) bond motifs is 1. The lowest BCUT2D eigenvalue weighted by Gasteiger charge is -2.07. The molecule has 0 spiro atoms. The smallest absolute Gasteiger partial charge is 0.309 e. The molecule has 0 radical (unpaired) electrons. The van der Waals surface area contributed by atoms with Gasteiger partial charge in [-0.05, 0) is 17.8 Å². The van der Waals surface area contributed by atoms with E-state index >= 15 is 0 Å². The molecule has 2 atom stereocenters. The van der Waals surface area contributed by atoms with Gasteiger partial charge >= 0.3 is 5.97 Å². The second-order valence-electron chi connectivity index (χ2n) is 3.86. The van der Waals surface area contributed by atoms with Crippen molar-refractivity contribution in [3.8, 4) is 0 Å². The largest absolute Gasteiger partial charge is 0.465 e. The van der Waals surface area contributed by atoms with Crippen LogP contribution in [0.5, 0.6) is 0 Å². The number of rotatable bonds is 0.